The van der Waals surface area contributed by atoms with Gasteiger partial charge in [0.1, 0.15) is 5.78 Å². The van der Waals surface area contributed by atoms with Crippen molar-refractivity contribution in [2.75, 3.05) is 37.7 Å². The highest BCUT2D eigenvalue weighted by atomic mass is 35.5. The monoisotopic (exact) mass is 480 g/mol. The van der Waals surface area contributed by atoms with E-state index in [2.05, 4.69) is 20.2 Å². The predicted octanol–water partition coefficient (Wildman–Crippen LogP) is 1.58. The Morgan fingerprint density at radius 3 is 2.47 bits per heavy atom. The van der Waals surface area contributed by atoms with E-state index in [0.29, 0.717) is 50.0 Å². The molecule has 2 atom stereocenters. The van der Waals surface area contributed by atoms with Gasteiger partial charge in [0.15, 0.2) is 10.8 Å². The molecule has 4 rings (SSSR count). The maximum Gasteiger partial charge on any atom is 0.286 e. The van der Waals surface area contributed by atoms with Crippen LogP contribution < -0.4 is 15.2 Å². The maximum atomic E-state index is 12.8. The summed E-state index contributed by atoms with van der Waals surface area (Å²) in [5, 5.41) is 6.23. The Hall–Kier alpha value is -2.72. The molecule has 32 heavy (non-hydrogen) atoms. The van der Waals surface area contributed by atoms with Crippen LogP contribution in [0.4, 0.5) is 5.95 Å². The summed E-state index contributed by atoms with van der Waals surface area (Å²) >= 11 is 11.7. The van der Waals surface area contributed by atoms with Crippen molar-refractivity contribution in [3.63, 3.8) is 0 Å². The number of hydrogen-bond donors (Lipinski definition) is 1. The highest BCUT2D eigenvalue weighted by molar-refractivity contribution is 6.31. The molecule has 0 unspecified atom stereocenters. The van der Waals surface area contributed by atoms with Gasteiger partial charge in [0, 0.05) is 38.5 Å². The summed E-state index contributed by atoms with van der Waals surface area (Å²) in [7, 11) is 0. The molecule has 170 valence electrons. The molecular weight excluding hydrogens is 459 g/mol. The molecule has 2 aromatic heterocycles. The van der Waals surface area contributed by atoms with Gasteiger partial charge in [-0.1, -0.05) is 23.2 Å². The minimum absolute atomic E-state index is 0.0143. The Labute approximate surface area is 193 Å². The first kappa shape index (κ1) is 22.5. The number of piperazine rings is 1. The number of aromatic amines is 1. The number of H-pyrrole nitrogens is 1. The van der Waals surface area contributed by atoms with Gasteiger partial charge in [-0.25, -0.2) is 15.1 Å². The lowest BCUT2D eigenvalue weighted by Crippen LogP contribution is -2.49. The molecule has 2 aliphatic rings. The number of anilines is 1. The average Bonchev–Trinajstić information content (AvgIpc) is 3.14. The molecule has 1 amide bonds. The lowest BCUT2D eigenvalue weighted by molar-refractivity contribution is -0.135. The summed E-state index contributed by atoms with van der Waals surface area (Å²) in [4.78, 5) is 49.2. The summed E-state index contributed by atoms with van der Waals surface area (Å²) in [5.74, 6) is 0.0729. The number of nitrogens with one attached hydrogen (secondary N) is 1. The number of Topliss-reactive ketones (excluding diaryl/α,β-unsaturated/α-hetero) is 1. The summed E-state index contributed by atoms with van der Waals surface area (Å²) in [6.07, 6.45) is 5.87. The molecule has 2 fully saturated rings. The molecule has 2 aromatic rings. The van der Waals surface area contributed by atoms with Gasteiger partial charge in [0.05, 0.1) is 36.1 Å². The van der Waals surface area contributed by atoms with E-state index in [1.807, 2.05) is 4.90 Å². The Balaban J connectivity index is 1.25. The molecule has 1 aliphatic heterocycles. The van der Waals surface area contributed by atoms with E-state index in [-0.39, 0.29) is 47.3 Å². The Kier molecular flexibility index (Phi) is 6.90. The van der Waals surface area contributed by atoms with Crippen LogP contribution in [0.15, 0.2) is 23.4 Å². The molecule has 1 saturated carbocycles. The topological polar surface area (TPSA) is 121 Å². The molecule has 3 heterocycles. The number of carbonyl (C=O) groups excluding carboxylic acids is 2. The van der Waals surface area contributed by atoms with E-state index in [0.717, 1.165) is 0 Å². The molecule has 10 nitrogen and oxygen atoms in total. The quantitative estimate of drug-likeness (QED) is 0.660. The van der Waals surface area contributed by atoms with E-state index in [4.69, 9.17) is 27.9 Å². The molecule has 0 radical (unpaired) electrons. The number of amides is 1. The smallest absolute Gasteiger partial charge is 0.286 e. The highest BCUT2D eigenvalue weighted by Crippen LogP contribution is 2.31. The first-order chi connectivity index (χ1) is 15.4. The van der Waals surface area contributed by atoms with Gasteiger partial charge < -0.3 is 14.5 Å². The van der Waals surface area contributed by atoms with Gasteiger partial charge in [0.2, 0.25) is 11.9 Å². The van der Waals surface area contributed by atoms with E-state index in [1.165, 1.54) is 6.20 Å². The lowest BCUT2D eigenvalue weighted by atomic mass is 9.99. The average molecular weight is 481 g/mol. The lowest BCUT2D eigenvalue weighted by Gasteiger charge is -2.35. The molecule has 1 aliphatic carbocycles. The summed E-state index contributed by atoms with van der Waals surface area (Å²) in [5.41, 5.74) is -0.548. The van der Waals surface area contributed by atoms with Crippen LogP contribution in [0.1, 0.15) is 19.3 Å². The van der Waals surface area contributed by atoms with E-state index >= 15 is 0 Å². The van der Waals surface area contributed by atoms with Gasteiger partial charge in [-0.3, -0.25) is 14.4 Å². The molecule has 1 N–H and O–H groups in total. The van der Waals surface area contributed by atoms with Crippen LogP contribution in [0.2, 0.25) is 10.0 Å². The number of ketones is 1. The van der Waals surface area contributed by atoms with Crippen molar-refractivity contribution < 1.29 is 14.3 Å². The van der Waals surface area contributed by atoms with E-state index < -0.39 is 5.56 Å². The van der Waals surface area contributed by atoms with Crippen molar-refractivity contribution in [1.29, 1.82) is 0 Å². The molecule has 12 heteroatoms. The number of rotatable bonds is 6. The molecule has 0 aromatic carbocycles. The predicted molar refractivity (Wildman–Crippen MR) is 117 cm³/mol. The zero-order valence-corrected chi connectivity index (χ0v) is 18.7. The first-order valence-electron chi connectivity index (χ1n) is 10.3. The number of nitrogens with zero attached hydrogens (tertiary/aromatic N) is 5. The first-order valence-corrected chi connectivity index (χ1v) is 11.1. The third kappa shape index (κ3) is 5.02. The number of halogens is 2. The van der Waals surface area contributed by atoms with Crippen LogP contribution in [-0.4, -0.2) is 69.5 Å². The minimum Gasteiger partial charge on any atom is -0.489 e. The fourth-order valence-electron chi connectivity index (χ4n) is 4.01. The minimum atomic E-state index is -0.548. The number of aromatic nitrogens is 4. The summed E-state index contributed by atoms with van der Waals surface area (Å²) < 4.78 is 5.55. The number of ether oxygens (including phenoxy) is 1. The standard InChI is InChI=1S/C20H22Cl2N6O4/c21-14-8-23-20(24-9-14)28-5-3-27(4-6-28)16(29)7-12-1-2-13(18(12)30)11-32-15-10-25-26-19(31)17(15)22/h8-10,12-13H,1-7,11H2,(H,26,31)/t12-,13-/m0/s1. The van der Waals surface area contributed by atoms with Crippen molar-refractivity contribution in [2.24, 2.45) is 11.8 Å². The van der Waals surface area contributed by atoms with Crippen LogP contribution in [0.25, 0.3) is 0 Å². The molecule has 0 spiro atoms. The van der Waals surface area contributed by atoms with Crippen molar-refractivity contribution >= 4 is 40.8 Å². The third-order valence-electron chi connectivity index (χ3n) is 5.81. The van der Waals surface area contributed by atoms with Crippen LogP contribution in [0.5, 0.6) is 5.75 Å². The Morgan fingerprint density at radius 1 is 1.06 bits per heavy atom. The fourth-order valence-corrected chi connectivity index (χ4v) is 4.25. The molecular formula is C20H22Cl2N6O4. The van der Waals surface area contributed by atoms with Crippen molar-refractivity contribution in [1.82, 2.24) is 25.1 Å². The third-order valence-corrected chi connectivity index (χ3v) is 6.37. The maximum absolute atomic E-state index is 12.8. The fraction of sp³-hybridized carbons (Fsp3) is 0.500. The Morgan fingerprint density at radius 2 is 1.75 bits per heavy atom. The largest absolute Gasteiger partial charge is 0.489 e. The van der Waals surface area contributed by atoms with E-state index in [1.54, 1.807) is 17.3 Å². The van der Waals surface area contributed by atoms with Crippen molar-refractivity contribution in [2.45, 2.75) is 19.3 Å². The zero-order valence-electron chi connectivity index (χ0n) is 17.2. The van der Waals surface area contributed by atoms with E-state index in [9.17, 15) is 14.4 Å². The second-order valence-electron chi connectivity index (χ2n) is 7.84. The normalized spacial score (nSPS) is 21.1. The van der Waals surface area contributed by atoms with Gasteiger partial charge >= 0.3 is 0 Å². The van der Waals surface area contributed by atoms with Crippen LogP contribution in [0, 0.1) is 11.8 Å². The SMILES string of the molecule is O=C1[C@H](COc2cn[nH]c(=O)c2Cl)CC[C@H]1CC(=O)N1CCN(c2ncc(Cl)cn2)CC1. The van der Waals surface area contributed by atoms with Crippen LogP contribution >= 0.6 is 23.2 Å². The summed E-state index contributed by atoms with van der Waals surface area (Å²) in [6, 6.07) is 0. The number of carbonyl (C=O) groups is 2. The van der Waals surface area contributed by atoms with Crippen LogP contribution in [0.3, 0.4) is 0 Å². The van der Waals surface area contributed by atoms with Gasteiger partial charge in [0.25, 0.3) is 5.56 Å². The van der Waals surface area contributed by atoms with Gasteiger partial charge in [-0.15, -0.1) is 0 Å². The molecule has 1 saturated heterocycles. The van der Waals surface area contributed by atoms with Crippen molar-refractivity contribution in [3.8, 4) is 5.75 Å². The zero-order chi connectivity index (χ0) is 22.7. The Bertz CT molecular complexity index is 1040. The number of hydrogen-bond acceptors (Lipinski definition) is 8. The second-order valence-corrected chi connectivity index (χ2v) is 8.65. The van der Waals surface area contributed by atoms with Gasteiger partial charge in [-0.05, 0) is 12.8 Å². The highest BCUT2D eigenvalue weighted by Gasteiger charge is 2.37. The summed E-state index contributed by atoms with van der Waals surface area (Å²) in [6.45, 7) is 2.44. The van der Waals surface area contributed by atoms with Gasteiger partial charge in [-0.2, -0.15) is 5.10 Å². The van der Waals surface area contributed by atoms with Crippen LogP contribution in [-0.2, 0) is 9.59 Å². The molecule has 0 bridgehead atoms. The second kappa shape index (κ2) is 9.83. The van der Waals surface area contributed by atoms with Crippen molar-refractivity contribution in [3.05, 3.63) is 39.0 Å².